The molecule has 0 radical (unpaired) electrons. The zero-order valence-corrected chi connectivity index (χ0v) is 21.4. The number of carbonyl (C=O) groups is 3. The maximum absolute atomic E-state index is 13.0. The molecule has 0 saturated carbocycles. The molecule has 202 valence electrons. The average Bonchev–Trinajstić information content (AvgIpc) is 3.48. The SMILES string of the molecule is CCOc1cc(/C=C2\NC(=O)N(Cc3ccc(C(=O)OC)o3)C2=O)cc([N+](=O)[O-])c1OCc1cccc(C)c1. The molecule has 12 heteroatoms. The summed E-state index contributed by atoms with van der Waals surface area (Å²) in [6, 6.07) is 12.4. The Hall–Kier alpha value is -5.13. The summed E-state index contributed by atoms with van der Waals surface area (Å²) in [6.07, 6.45) is 1.31. The number of nitrogens with one attached hydrogen (secondary N) is 1. The van der Waals surface area contributed by atoms with Crippen molar-refractivity contribution in [1.29, 1.82) is 0 Å². The lowest BCUT2D eigenvalue weighted by Gasteiger charge is -2.13. The van der Waals surface area contributed by atoms with Gasteiger partial charge in [-0.25, -0.2) is 9.59 Å². The summed E-state index contributed by atoms with van der Waals surface area (Å²) in [4.78, 5) is 49.3. The van der Waals surface area contributed by atoms with Gasteiger partial charge in [-0.15, -0.1) is 0 Å². The number of hydrogen-bond acceptors (Lipinski definition) is 9. The molecule has 39 heavy (non-hydrogen) atoms. The van der Waals surface area contributed by atoms with E-state index in [1.54, 1.807) is 6.92 Å². The summed E-state index contributed by atoms with van der Waals surface area (Å²) in [7, 11) is 1.20. The van der Waals surface area contributed by atoms with E-state index in [1.807, 2.05) is 31.2 Å². The summed E-state index contributed by atoms with van der Waals surface area (Å²) < 4.78 is 21.4. The van der Waals surface area contributed by atoms with Crippen molar-refractivity contribution in [2.45, 2.75) is 27.0 Å². The number of aryl methyl sites for hydroxylation is 1. The third kappa shape index (κ3) is 6.06. The number of esters is 1. The lowest BCUT2D eigenvalue weighted by molar-refractivity contribution is -0.386. The van der Waals surface area contributed by atoms with Crippen molar-refractivity contribution in [1.82, 2.24) is 10.2 Å². The van der Waals surface area contributed by atoms with Gasteiger partial charge >= 0.3 is 17.7 Å². The number of urea groups is 1. The van der Waals surface area contributed by atoms with Crippen LogP contribution in [0.4, 0.5) is 10.5 Å². The lowest BCUT2D eigenvalue weighted by Crippen LogP contribution is -2.30. The number of nitro benzene ring substituents is 1. The molecule has 1 aliphatic rings. The van der Waals surface area contributed by atoms with Crippen molar-refractivity contribution in [3.05, 3.63) is 92.6 Å². The molecule has 1 fully saturated rings. The summed E-state index contributed by atoms with van der Waals surface area (Å²) in [5, 5.41) is 14.4. The first-order valence-electron chi connectivity index (χ1n) is 11.8. The topological polar surface area (TPSA) is 150 Å². The first-order valence-corrected chi connectivity index (χ1v) is 11.8. The Labute approximate surface area is 222 Å². The molecule has 1 N–H and O–H groups in total. The molecule has 0 aliphatic carbocycles. The van der Waals surface area contributed by atoms with Gasteiger partial charge in [-0.3, -0.25) is 19.8 Å². The van der Waals surface area contributed by atoms with Crippen molar-refractivity contribution in [2.75, 3.05) is 13.7 Å². The van der Waals surface area contributed by atoms with Crippen molar-refractivity contribution >= 4 is 29.7 Å². The van der Waals surface area contributed by atoms with E-state index in [0.29, 0.717) is 0 Å². The number of imide groups is 1. The number of methoxy groups -OCH3 is 1. The molecule has 3 amide bonds. The molecule has 4 rings (SSSR count). The van der Waals surface area contributed by atoms with Gasteiger partial charge in [0.05, 0.1) is 25.2 Å². The van der Waals surface area contributed by atoms with Crippen LogP contribution in [0.3, 0.4) is 0 Å². The maximum Gasteiger partial charge on any atom is 0.373 e. The van der Waals surface area contributed by atoms with Gasteiger partial charge in [0.1, 0.15) is 18.1 Å². The molecule has 2 aromatic carbocycles. The van der Waals surface area contributed by atoms with Gasteiger partial charge in [0.25, 0.3) is 5.91 Å². The number of nitro groups is 1. The molecule has 1 aromatic heterocycles. The fraction of sp³-hybridized carbons (Fsp3) is 0.222. The second kappa shape index (κ2) is 11.5. The zero-order valence-electron chi connectivity index (χ0n) is 21.4. The van der Waals surface area contributed by atoms with Crippen LogP contribution in [0.25, 0.3) is 6.08 Å². The van der Waals surface area contributed by atoms with Crippen molar-refractivity contribution in [3.8, 4) is 11.5 Å². The summed E-state index contributed by atoms with van der Waals surface area (Å²) >= 11 is 0. The van der Waals surface area contributed by atoms with Crippen molar-refractivity contribution in [2.24, 2.45) is 0 Å². The van der Waals surface area contributed by atoms with Crippen LogP contribution in [0.1, 0.15) is 39.9 Å². The van der Waals surface area contributed by atoms with Crippen LogP contribution >= 0.6 is 0 Å². The molecular weight excluding hydrogens is 510 g/mol. The van der Waals surface area contributed by atoms with Crippen molar-refractivity contribution in [3.63, 3.8) is 0 Å². The monoisotopic (exact) mass is 535 g/mol. The summed E-state index contributed by atoms with van der Waals surface area (Å²) in [6.45, 7) is 3.70. The minimum atomic E-state index is -0.722. The second-order valence-corrected chi connectivity index (χ2v) is 8.47. The summed E-state index contributed by atoms with van der Waals surface area (Å²) in [5.41, 5.74) is 1.62. The number of ether oxygens (including phenoxy) is 3. The highest BCUT2D eigenvalue weighted by atomic mass is 16.6. The number of hydrogen-bond donors (Lipinski definition) is 1. The Bertz CT molecular complexity index is 1470. The van der Waals surface area contributed by atoms with Crippen LogP contribution in [-0.4, -0.2) is 41.4 Å². The molecule has 2 heterocycles. The number of amides is 3. The fourth-order valence-corrected chi connectivity index (χ4v) is 3.90. The van der Waals surface area contributed by atoms with E-state index in [2.05, 4.69) is 10.1 Å². The first kappa shape index (κ1) is 26.9. The van der Waals surface area contributed by atoms with E-state index in [-0.39, 0.29) is 59.7 Å². The average molecular weight is 536 g/mol. The van der Waals surface area contributed by atoms with E-state index in [0.717, 1.165) is 16.0 Å². The highest BCUT2D eigenvalue weighted by Gasteiger charge is 2.35. The number of nitrogens with zero attached hydrogens (tertiary/aromatic N) is 2. The van der Waals surface area contributed by atoms with Gasteiger partial charge in [0, 0.05) is 6.07 Å². The van der Waals surface area contributed by atoms with Gasteiger partial charge < -0.3 is 23.9 Å². The van der Waals surface area contributed by atoms with Crippen LogP contribution in [0.5, 0.6) is 11.5 Å². The van der Waals surface area contributed by atoms with Crippen LogP contribution in [-0.2, 0) is 22.7 Å². The fourth-order valence-electron chi connectivity index (χ4n) is 3.90. The molecular formula is C27H25N3O9. The van der Waals surface area contributed by atoms with Gasteiger partial charge in [0.2, 0.25) is 11.5 Å². The number of benzene rings is 2. The zero-order chi connectivity index (χ0) is 28.1. The van der Waals surface area contributed by atoms with E-state index < -0.39 is 22.8 Å². The Morgan fingerprint density at radius 1 is 1.15 bits per heavy atom. The number of rotatable bonds is 10. The smallest absolute Gasteiger partial charge is 0.373 e. The van der Waals surface area contributed by atoms with Gasteiger partial charge in [-0.1, -0.05) is 29.8 Å². The molecule has 3 aromatic rings. The molecule has 1 saturated heterocycles. The van der Waals surface area contributed by atoms with Gasteiger partial charge in [-0.05, 0) is 49.2 Å². The quantitative estimate of drug-likeness (QED) is 0.131. The Balaban J connectivity index is 1.60. The molecule has 0 unspecified atom stereocenters. The first-order chi connectivity index (χ1) is 18.7. The normalized spacial score (nSPS) is 13.9. The van der Waals surface area contributed by atoms with E-state index in [1.165, 1.54) is 37.5 Å². The maximum atomic E-state index is 13.0. The molecule has 0 spiro atoms. The number of furan rings is 1. The highest BCUT2D eigenvalue weighted by Crippen LogP contribution is 2.40. The van der Waals surface area contributed by atoms with Crippen LogP contribution in [0, 0.1) is 17.0 Å². The second-order valence-electron chi connectivity index (χ2n) is 8.47. The Morgan fingerprint density at radius 2 is 1.95 bits per heavy atom. The summed E-state index contributed by atoms with van der Waals surface area (Å²) in [5.74, 6) is -1.20. The molecule has 12 nitrogen and oxygen atoms in total. The van der Waals surface area contributed by atoms with Crippen LogP contribution < -0.4 is 14.8 Å². The van der Waals surface area contributed by atoms with Crippen LogP contribution in [0.2, 0.25) is 0 Å². The third-order valence-corrected chi connectivity index (χ3v) is 5.66. The molecule has 1 aliphatic heterocycles. The van der Waals surface area contributed by atoms with Crippen molar-refractivity contribution < 1.29 is 37.9 Å². The standard InChI is InChI=1S/C27H25N3O9/c1-4-37-23-13-18(12-21(30(34)35)24(23)38-15-17-7-5-6-16(2)10-17)11-20-25(31)29(27(33)28-20)14-19-8-9-22(39-19)26(32)36-3/h5-13H,4,14-15H2,1-3H3,(H,28,33)/b20-11-. The predicted molar refractivity (Wildman–Crippen MR) is 137 cm³/mol. The third-order valence-electron chi connectivity index (χ3n) is 5.66. The molecule has 0 atom stereocenters. The lowest BCUT2D eigenvalue weighted by atomic mass is 10.1. The number of carbonyl (C=O) groups excluding carboxylic acids is 3. The van der Waals surface area contributed by atoms with E-state index in [9.17, 15) is 24.5 Å². The Kier molecular flexibility index (Phi) is 7.94. The minimum Gasteiger partial charge on any atom is -0.490 e. The largest absolute Gasteiger partial charge is 0.490 e. The molecule has 0 bridgehead atoms. The Morgan fingerprint density at radius 3 is 2.64 bits per heavy atom. The van der Waals surface area contributed by atoms with E-state index >= 15 is 0 Å². The van der Waals surface area contributed by atoms with E-state index in [4.69, 9.17) is 13.9 Å². The minimum absolute atomic E-state index is 0.0480. The van der Waals surface area contributed by atoms with Gasteiger partial charge in [-0.2, -0.15) is 0 Å². The van der Waals surface area contributed by atoms with Crippen LogP contribution in [0.15, 0.2) is 58.6 Å². The highest BCUT2D eigenvalue weighted by molar-refractivity contribution is 6.13. The predicted octanol–water partition coefficient (Wildman–Crippen LogP) is 4.35. The van der Waals surface area contributed by atoms with Gasteiger partial charge in [0.15, 0.2) is 5.75 Å².